The predicted molar refractivity (Wildman–Crippen MR) is 77.3 cm³/mol. The van der Waals surface area contributed by atoms with E-state index in [4.69, 9.17) is 4.74 Å². The molecule has 0 saturated heterocycles. The highest BCUT2D eigenvalue weighted by Gasteiger charge is 2.09. The van der Waals surface area contributed by atoms with E-state index in [-0.39, 0.29) is 0 Å². The highest BCUT2D eigenvalue weighted by Crippen LogP contribution is 2.32. The Kier molecular flexibility index (Phi) is 3.85. The minimum absolute atomic E-state index is 0.726. The van der Waals surface area contributed by atoms with Gasteiger partial charge in [0.25, 0.3) is 0 Å². The minimum atomic E-state index is 0.726. The molecule has 0 bridgehead atoms. The maximum absolute atomic E-state index is 5.41. The van der Waals surface area contributed by atoms with Gasteiger partial charge in [-0.2, -0.15) is 0 Å². The molecule has 0 aliphatic carbocycles. The summed E-state index contributed by atoms with van der Waals surface area (Å²) in [4.78, 5) is 8.29. The highest BCUT2D eigenvalue weighted by atomic mass is 16.5. The van der Waals surface area contributed by atoms with E-state index < -0.39 is 0 Å². The van der Waals surface area contributed by atoms with Gasteiger partial charge in [-0.05, 0) is 31.0 Å². The van der Waals surface area contributed by atoms with Crippen LogP contribution in [-0.2, 0) is 0 Å². The molecule has 1 aromatic heterocycles. The molecule has 0 fully saturated rings. The number of nitrogens with one attached hydrogen (secondary N) is 2. The van der Waals surface area contributed by atoms with Crippen LogP contribution in [0.2, 0.25) is 0 Å². The Bertz CT molecular complexity index is 584. The Morgan fingerprint density at radius 2 is 1.79 bits per heavy atom. The number of anilines is 3. The molecule has 2 N–H and O–H groups in total. The van der Waals surface area contributed by atoms with Crippen molar-refractivity contribution in [3.63, 3.8) is 0 Å². The van der Waals surface area contributed by atoms with Crippen LogP contribution in [0.3, 0.4) is 0 Å². The number of hydrogen-bond donors (Lipinski definition) is 2. The second-order valence-corrected chi connectivity index (χ2v) is 4.32. The summed E-state index contributed by atoms with van der Waals surface area (Å²) in [6.07, 6.45) is 1.52. The van der Waals surface area contributed by atoms with E-state index in [2.05, 4.69) is 26.7 Å². The first kappa shape index (κ1) is 13.1. The quantitative estimate of drug-likeness (QED) is 0.883. The fraction of sp³-hybridized carbons (Fsp3) is 0.286. The molecule has 0 unspecified atom stereocenters. The summed E-state index contributed by atoms with van der Waals surface area (Å²) < 4.78 is 5.41. The van der Waals surface area contributed by atoms with Gasteiger partial charge in [-0.3, -0.25) is 0 Å². The molecular weight excluding hydrogens is 240 g/mol. The van der Waals surface area contributed by atoms with E-state index in [1.54, 1.807) is 7.11 Å². The van der Waals surface area contributed by atoms with Crippen LogP contribution in [0.1, 0.15) is 11.1 Å². The molecule has 0 saturated carbocycles. The number of nitrogens with zero attached hydrogens (tertiary/aromatic N) is 2. The molecule has 1 heterocycles. The largest absolute Gasteiger partial charge is 0.495 e. The molecule has 5 nitrogen and oxygen atoms in total. The average Bonchev–Trinajstić information content (AvgIpc) is 2.41. The number of hydrogen-bond acceptors (Lipinski definition) is 5. The van der Waals surface area contributed by atoms with Crippen LogP contribution in [0, 0.1) is 13.8 Å². The summed E-state index contributed by atoms with van der Waals surface area (Å²) in [5.74, 6) is 2.30. The zero-order valence-corrected chi connectivity index (χ0v) is 11.6. The maximum atomic E-state index is 5.41. The van der Waals surface area contributed by atoms with Gasteiger partial charge in [0.2, 0.25) is 0 Å². The van der Waals surface area contributed by atoms with Crippen LogP contribution in [0.25, 0.3) is 0 Å². The van der Waals surface area contributed by atoms with E-state index in [1.807, 2.05) is 33.0 Å². The van der Waals surface area contributed by atoms with Gasteiger partial charge in [-0.1, -0.05) is 6.07 Å². The number of ether oxygens (including phenoxy) is 1. The fourth-order valence-corrected chi connectivity index (χ4v) is 1.94. The van der Waals surface area contributed by atoms with Gasteiger partial charge in [0.1, 0.15) is 23.7 Å². The van der Waals surface area contributed by atoms with E-state index in [0.717, 1.165) is 28.6 Å². The van der Waals surface area contributed by atoms with E-state index in [1.165, 1.54) is 11.9 Å². The SMILES string of the molecule is CNc1cc(Nc2c(C)cc(C)cc2OC)ncn1. The third-order valence-electron chi connectivity index (χ3n) is 2.84. The van der Waals surface area contributed by atoms with Gasteiger partial charge in [-0.15, -0.1) is 0 Å². The number of rotatable bonds is 4. The average molecular weight is 258 g/mol. The lowest BCUT2D eigenvalue weighted by atomic mass is 10.1. The molecule has 0 atom stereocenters. The lowest BCUT2D eigenvalue weighted by Crippen LogP contribution is -2.01. The first-order chi connectivity index (χ1) is 9.13. The summed E-state index contributed by atoms with van der Waals surface area (Å²) in [5, 5.41) is 6.26. The Morgan fingerprint density at radius 1 is 1.05 bits per heavy atom. The third kappa shape index (κ3) is 2.93. The molecule has 0 aliphatic rings. The lowest BCUT2D eigenvalue weighted by molar-refractivity contribution is 0.416. The summed E-state index contributed by atoms with van der Waals surface area (Å²) in [5.41, 5.74) is 3.20. The highest BCUT2D eigenvalue weighted by molar-refractivity contribution is 5.69. The Hall–Kier alpha value is -2.30. The van der Waals surface area contributed by atoms with Crippen LogP contribution in [0.15, 0.2) is 24.5 Å². The van der Waals surface area contributed by atoms with Gasteiger partial charge in [0.15, 0.2) is 0 Å². The number of methoxy groups -OCH3 is 1. The van der Waals surface area contributed by atoms with Crippen molar-refractivity contribution in [2.45, 2.75) is 13.8 Å². The van der Waals surface area contributed by atoms with Crippen molar-refractivity contribution in [1.82, 2.24) is 9.97 Å². The van der Waals surface area contributed by atoms with Crippen molar-refractivity contribution >= 4 is 17.3 Å². The standard InChI is InChI=1S/C14H18N4O/c1-9-5-10(2)14(11(6-9)19-4)18-13-7-12(15-3)16-8-17-13/h5-8H,1-4H3,(H2,15,16,17,18). The molecule has 2 aromatic rings. The summed E-state index contributed by atoms with van der Waals surface area (Å²) >= 11 is 0. The Labute approximate surface area is 113 Å². The van der Waals surface area contributed by atoms with Crippen molar-refractivity contribution in [3.05, 3.63) is 35.7 Å². The van der Waals surface area contributed by atoms with Crippen LogP contribution < -0.4 is 15.4 Å². The predicted octanol–water partition coefficient (Wildman–Crippen LogP) is 2.89. The van der Waals surface area contributed by atoms with E-state index in [0.29, 0.717) is 0 Å². The second kappa shape index (κ2) is 5.56. The Balaban J connectivity index is 2.37. The first-order valence-electron chi connectivity index (χ1n) is 6.06. The molecule has 0 spiro atoms. The maximum Gasteiger partial charge on any atom is 0.142 e. The van der Waals surface area contributed by atoms with Crippen LogP contribution in [0.4, 0.5) is 17.3 Å². The number of aromatic nitrogens is 2. The van der Waals surface area contributed by atoms with Gasteiger partial charge in [0, 0.05) is 13.1 Å². The van der Waals surface area contributed by atoms with Crippen LogP contribution in [-0.4, -0.2) is 24.1 Å². The molecule has 0 radical (unpaired) electrons. The van der Waals surface area contributed by atoms with Crippen LogP contribution in [0.5, 0.6) is 5.75 Å². The smallest absolute Gasteiger partial charge is 0.142 e. The van der Waals surface area contributed by atoms with Crippen molar-refractivity contribution in [2.75, 3.05) is 24.8 Å². The molecule has 19 heavy (non-hydrogen) atoms. The van der Waals surface area contributed by atoms with Crippen molar-refractivity contribution < 1.29 is 4.74 Å². The third-order valence-corrected chi connectivity index (χ3v) is 2.84. The second-order valence-electron chi connectivity index (χ2n) is 4.32. The topological polar surface area (TPSA) is 59.1 Å². The van der Waals surface area contributed by atoms with Gasteiger partial charge in [0.05, 0.1) is 12.8 Å². The molecular formula is C14H18N4O. The van der Waals surface area contributed by atoms with Crippen molar-refractivity contribution in [1.29, 1.82) is 0 Å². The molecule has 0 amide bonds. The normalized spacial score (nSPS) is 10.1. The first-order valence-corrected chi connectivity index (χ1v) is 6.06. The summed E-state index contributed by atoms with van der Waals surface area (Å²) in [6, 6.07) is 5.94. The molecule has 1 aromatic carbocycles. The van der Waals surface area contributed by atoms with E-state index in [9.17, 15) is 0 Å². The van der Waals surface area contributed by atoms with Gasteiger partial charge in [-0.25, -0.2) is 9.97 Å². The summed E-state index contributed by atoms with van der Waals surface area (Å²) in [6.45, 7) is 4.08. The van der Waals surface area contributed by atoms with E-state index >= 15 is 0 Å². The van der Waals surface area contributed by atoms with Crippen molar-refractivity contribution in [2.24, 2.45) is 0 Å². The van der Waals surface area contributed by atoms with Gasteiger partial charge >= 0.3 is 0 Å². The summed E-state index contributed by atoms with van der Waals surface area (Å²) in [7, 11) is 3.49. The Morgan fingerprint density at radius 3 is 2.47 bits per heavy atom. The zero-order chi connectivity index (χ0) is 13.8. The lowest BCUT2D eigenvalue weighted by Gasteiger charge is -2.14. The number of aryl methyl sites for hydroxylation is 2. The fourth-order valence-electron chi connectivity index (χ4n) is 1.94. The molecule has 100 valence electrons. The van der Waals surface area contributed by atoms with Gasteiger partial charge < -0.3 is 15.4 Å². The molecule has 0 aliphatic heterocycles. The van der Waals surface area contributed by atoms with Crippen molar-refractivity contribution in [3.8, 4) is 5.75 Å². The van der Waals surface area contributed by atoms with Crippen LogP contribution >= 0.6 is 0 Å². The molecule has 5 heteroatoms. The molecule has 2 rings (SSSR count). The zero-order valence-electron chi connectivity index (χ0n) is 11.6. The monoisotopic (exact) mass is 258 g/mol. The number of benzene rings is 1. The minimum Gasteiger partial charge on any atom is -0.495 e.